The number of halogens is 1. The summed E-state index contributed by atoms with van der Waals surface area (Å²) in [5.74, 6) is -1.88. The van der Waals surface area contributed by atoms with E-state index in [2.05, 4.69) is 4.98 Å². The molecule has 1 saturated heterocycles. The summed E-state index contributed by atoms with van der Waals surface area (Å²) in [5, 5.41) is 0. The molecule has 0 bridgehead atoms. The van der Waals surface area contributed by atoms with Crippen LogP contribution in [0.2, 0.25) is 0 Å². The molecule has 0 spiro atoms. The lowest BCUT2D eigenvalue weighted by molar-refractivity contribution is -0.144. The summed E-state index contributed by atoms with van der Waals surface area (Å²) in [6, 6.07) is 4.92. The molecule has 8 heteroatoms. The first kappa shape index (κ1) is 16.4. The Morgan fingerprint density at radius 2 is 1.92 bits per heavy atom. The van der Waals surface area contributed by atoms with Crippen LogP contribution in [-0.2, 0) is 16.1 Å². The van der Waals surface area contributed by atoms with Gasteiger partial charge in [0.25, 0.3) is 0 Å². The molecule has 134 valence electrons. The van der Waals surface area contributed by atoms with Crippen molar-refractivity contribution in [2.45, 2.75) is 38.3 Å². The van der Waals surface area contributed by atoms with Crippen molar-refractivity contribution >= 4 is 17.8 Å². The van der Waals surface area contributed by atoms with E-state index in [1.807, 2.05) is 0 Å². The zero-order valence-corrected chi connectivity index (χ0v) is 13.9. The molecule has 1 aromatic carbocycles. The highest BCUT2D eigenvalue weighted by atomic mass is 19.1. The van der Waals surface area contributed by atoms with Crippen molar-refractivity contribution in [3.8, 4) is 11.5 Å². The molecule has 1 saturated carbocycles. The summed E-state index contributed by atoms with van der Waals surface area (Å²) in [4.78, 5) is 43.1. The van der Waals surface area contributed by atoms with E-state index in [1.54, 1.807) is 6.07 Å². The van der Waals surface area contributed by atoms with E-state index in [0.717, 1.165) is 35.5 Å². The molecule has 0 atom stereocenters. The molecule has 1 aliphatic carbocycles. The number of amides is 4. The first-order chi connectivity index (χ1) is 12.5. The molecule has 0 N–H and O–H groups in total. The van der Waals surface area contributed by atoms with E-state index in [9.17, 15) is 18.8 Å². The maximum absolute atomic E-state index is 13.3. The number of urea groups is 1. The van der Waals surface area contributed by atoms with Gasteiger partial charge in [-0.25, -0.2) is 19.1 Å². The summed E-state index contributed by atoms with van der Waals surface area (Å²) in [5.41, 5.74) is 0.756. The van der Waals surface area contributed by atoms with Crippen molar-refractivity contribution in [2.75, 3.05) is 0 Å². The third kappa shape index (κ3) is 2.77. The van der Waals surface area contributed by atoms with Crippen molar-refractivity contribution in [2.24, 2.45) is 0 Å². The average Bonchev–Trinajstić information content (AvgIpc) is 3.34. The monoisotopic (exact) mass is 357 g/mol. The predicted molar refractivity (Wildman–Crippen MR) is 86.9 cm³/mol. The van der Waals surface area contributed by atoms with Crippen LogP contribution in [0.5, 0.6) is 0 Å². The van der Waals surface area contributed by atoms with Crippen LogP contribution in [0.3, 0.4) is 0 Å². The zero-order chi connectivity index (χ0) is 18.3. The zero-order valence-electron chi connectivity index (χ0n) is 13.9. The highest BCUT2D eigenvalue weighted by molar-refractivity contribution is 6.44. The quantitative estimate of drug-likeness (QED) is 0.620. The van der Waals surface area contributed by atoms with E-state index in [0.29, 0.717) is 11.3 Å². The summed E-state index contributed by atoms with van der Waals surface area (Å²) < 4.78 is 18.6. The SMILES string of the molecule is O=C1C(=O)N(C2CCCC2)C(=O)N1Cc1coc(-c2cccc(F)c2)n1. The Kier molecular flexibility index (Phi) is 4.02. The minimum absolute atomic E-state index is 0.161. The Hall–Kier alpha value is -3.03. The van der Waals surface area contributed by atoms with Gasteiger partial charge in [0.2, 0.25) is 5.89 Å². The van der Waals surface area contributed by atoms with Crippen LogP contribution >= 0.6 is 0 Å². The maximum atomic E-state index is 13.3. The summed E-state index contributed by atoms with van der Waals surface area (Å²) in [7, 11) is 0. The summed E-state index contributed by atoms with van der Waals surface area (Å²) >= 11 is 0. The molecule has 4 amide bonds. The minimum Gasteiger partial charge on any atom is -0.444 e. The summed E-state index contributed by atoms with van der Waals surface area (Å²) in [6.07, 6.45) is 4.63. The standard InChI is InChI=1S/C18H16FN3O4/c19-12-5-3-4-11(8-12)15-20-13(10-26-15)9-21-16(23)17(24)22(18(21)25)14-6-1-2-7-14/h3-5,8,10,14H,1-2,6-7,9H2. The number of nitrogens with zero attached hydrogens (tertiary/aromatic N) is 3. The van der Waals surface area contributed by atoms with Gasteiger partial charge in [0.05, 0.1) is 12.2 Å². The first-order valence-corrected chi connectivity index (χ1v) is 8.44. The van der Waals surface area contributed by atoms with Gasteiger partial charge in [-0.3, -0.25) is 14.5 Å². The molecule has 2 aromatic rings. The van der Waals surface area contributed by atoms with Crippen LogP contribution in [0, 0.1) is 5.82 Å². The van der Waals surface area contributed by atoms with Crippen LogP contribution in [0.15, 0.2) is 34.9 Å². The van der Waals surface area contributed by atoms with Crippen LogP contribution in [-0.4, -0.2) is 38.7 Å². The van der Waals surface area contributed by atoms with Crippen molar-refractivity contribution in [3.63, 3.8) is 0 Å². The van der Waals surface area contributed by atoms with Crippen LogP contribution < -0.4 is 0 Å². The Morgan fingerprint density at radius 3 is 2.65 bits per heavy atom. The molecule has 2 aliphatic rings. The molecule has 0 unspecified atom stereocenters. The molecule has 26 heavy (non-hydrogen) atoms. The van der Waals surface area contributed by atoms with Gasteiger partial charge < -0.3 is 4.42 Å². The third-order valence-corrected chi connectivity index (χ3v) is 4.72. The Balaban J connectivity index is 1.53. The number of rotatable bonds is 4. The Bertz CT molecular complexity index is 888. The smallest absolute Gasteiger partial charge is 0.334 e. The second-order valence-electron chi connectivity index (χ2n) is 6.44. The minimum atomic E-state index is -0.850. The molecule has 2 heterocycles. The van der Waals surface area contributed by atoms with Gasteiger partial charge in [0, 0.05) is 11.6 Å². The molecule has 7 nitrogen and oxygen atoms in total. The van der Waals surface area contributed by atoms with Gasteiger partial charge in [0.1, 0.15) is 12.1 Å². The number of hydrogen-bond acceptors (Lipinski definition) is 5. The fourth-order valence-corrected chi connectivity index (χ4v) is 3.44. The van der Waals surface area contributed by atoms with Gasteiger partial charge in [-0.2, -0.15) is 0 Å². The highest BCUT2D eigenvalue weighted by Gasteiger charge is 2.48. The second kappa shape index (κ2) is 6.36. The largest absolute Gasteiger partial charge is 0.444 e. The molecular weight excluding hydrogens is 341 g/mol. The van der Waals surface area contributed by atoms with Gasteiger partial charge in [-0.1, -0.05) is 18.9 Å². The van der Waals surface area contributed by atoms with Gasteiger partial charge in [-0.15, -0.1) is 0 Å². The number of carbonyl (C=O) groups is 3. The van der Waals surface area contributed by atoms with Gasteiger partial charge in [-0.05, 0) is 31.0 Å². The number of hydrogen-bond donors (Lipinski definition) is 0. The van der Waals surface area contributed by atoms with Crippen molar-refractivity contribution in [1.29, 1.82) is 0 Å². The van der Waals surface area contributed by atoms with Gasteiger partial charge in [0.15, 0.2) is 0 Å². The van der Waals surface area contributed by atoms with Crippen LogP contribution in [0.25, 0.3) is 11.5 Å². The number of oxazole rings is 1. The molecule has 0 radical (unpaired) electrons. The van der Waals surface area contributed by atoms with E-state index >= 15 is 0 Å². The molecular formula is C18H16FN3O4. The lowest BCUT2D eigenvalue weighted by Crippen LogP contribution is -2.39. The molecule has 2 fully saturated rings. The van der Waals surface area contributed by atoms with E-state index in [-0.39, 0.29) is 18.5 Å². The lowest BCUT2D eigenvalue weighted by atomic mass is 10.2. The number of imide groups is 2. The van der Waals surface area contributed by atoms with Crippen LogP contribution in [0.1, 0.15) is 31.4 Å². The number of carbonyl (C=O) groups excluding carboxylic acids is 3. The van der Waals surface area contributed by atoms with Gasteiger partial charge >= 0.3 is 17.8 Å². The Morgan fingerprint density at radius 1 is 1.15 bits per heavy atom. The molecule has 1 aromatic heterocycles. The topological polar surface area (TPSA) is 83.7 Å². The normalized spacial score (nSPS) is 18.4. The van der Waals surface area contributed by atoms with Crippen molar-refractivity contribution in [3.05, 3.63) is 42.0 Å². The molecule has 4 rings (SSSR count). The van der Waals surface area contributed by atoms with E-state index in [1.165, 1.54) is 24.5 Å². The van der Waals surface area contributed by atoms with Crippen LogP contribution in [0.4, 0.5) is 9.18 Å². The lowest BCUT2D eigenvalue weighted by Gasteiger charge is -2.20. The average molecular weight is 357 g/mol. The summed E-state index contributed by atoms with van der Waals surface area (Å²) in [6.45, 7) is -0.161. The predicted octanol–water partition coefficient (Wildman–Crippen LogP) is 2.71. The van der Waals surface area contributed by atoms with Crippen molar-refractivity contribution in [1.82, 2.24) is 14.8 Å². The highest BCUT2D eigenvalue weighted by Crippen LogP contribution is 2.28. The Labute approximate surface area is 148 Å². The number of aromatic nitrogens is 1. The maximum Gasteiger partial charge on any atom is 0.334 e. The van der Waals surface area contributed by atoms with E-state index in [4.69, 9.17) is 4.42 Å². The first-order valence-electron chi connectivity index (χ1n) is 8.44. The number of benzene rings is 1. The molecule has 1 aliphatic heterocycles. The fourth-order valence-electron chi connectivity index (χ4n) is 3.44. The second-order valence-corrected chi connectivity index (χ2v) is 6.44. The van der Waals surface area contributed by atoms with E-state index < -0.39 is 23.7 Å². The van der Waals surface area contributed by atoms with Crippen molar-refractivity contribution < 1.29 is 23.2 Å². The fraction of sp³-hybridized carbons (Fsp3) is 0.333. The third-order valence-electron chi connectivity index (χ3n) is 4.72.